The quantitative estimate of drug-likeness (QED) is 0.161. The van der Waals surface area contributed by atoms with Crippen molar-refractivity contribution >= 4 is 64.7 Å². The molecule has 10 nitrogen and oxygen atoms in total. The summed E-state index contributed by atoms with van der Waals surface area (Å²) in [6, 6.07) is 16.8. The van der Waals surface area contributed by atoms with E-state index in [2.05, 4.69) is 23.4 Å². The zero-order valence-corrected chi connectivity index (χ0v) is 24.4. The average molecular weight is 604 g/mol. The number of hydrogen-bond donors (Lipinski definition) is 0. The Kier molecular flexibility index (Phi) is 8.35. The lowest BCUT2D eigenvalue weighted by Crippen LogP contribution is -2.49. The van der Waals surface area contributed by atoms with E-state index >= 15 is 0 Å². The number of amides is 1. The third-order valence-corrected chi connectivity index (χ3v) is 11.3. The second-order valence-corrected chi connectivity index (χ2v) is 12.7. The minimum absolute atomic E-state index is 0.0497. The molecule has 2 heterocycles. The SMILES string of the molecule is CCN(CC)c1ccc2c(c1)OC(=O)N(c1ccc(Cl)c(Cl)c1)[P@]2(=Nc1ccc([N+](=O)[O-])cc1)N1CCOCC1. The van der Waals surface area contributed by atoms with Gasteiger partial charge < -0.3 is 14.4 Å². The number of benzene rings is 3. The lowest BCUT2D eigenvalue weighted by Gasteiger charge is -2.47. The molecule has 5 rings (SSSR count). The summed E-state index contributed by atoms with van der Waals surface area (Å²) in [6.45, 7) is 7.62. The van der Waals surface area contributed by atoms with Crippen molar-refractivity contribution in [3.63, 3.8) is 0 Å². The summed E-state index contributed by atoms with van der Waals surface area (Å²) in [6.07, 6.45) is -0.604. The molecule has 0 saturated carbocycles. The van der Waals surface area contributed by atoms with Crippen LogP contribution in [-0.4, -0.2) is 55.1 Å². The van der Waals surface area contributed by atoms with Crippen LogP contribution in [0.4, 0.5) is 27.5 Å². The van der Waals surface area contributed by atoms with Crippen molar-refractivity contribution in [1.82, 2.24) is 4.67 Å². The third-order valence-electron chi connectivity index (χ3n) is 6.89. The number of morpholine rings is 1. The smallest absolute Gasteiger partial charge is 0.409 e. The predicted molar refractivity (Wildman–Crippen MR) is 159 cm³/mol. The van der Waals surface area contributed by atoms with E-state index in [1.807, 2.05) is 18.2 Å². The first-order valence-electron chi connectivity index (χ1n) is 12.9. The molecule has 1 fully saturated rings. The van der Waals surface area contributed by atoms with E-state index in [0.717, 1.165) is 24.1 Å². The molecule has 1 amide bonds. The van der Waals surface area contributed by atoms with E-state index in [4.69, 9.17) is 37.4 Å². The van der Waals surface area contributed by atoms with E-state index in [1.165, 1.54) is 12.1 Å². The number of nitrogens with zero attached hydrogens (tertiary/aromatic N) is 5. The Bertz CT molecular complexity index is 1490. The Morgan fingerprint density at radius 1 is 1.00 bits per heavy atom. The van der Waals surface area contributed by atoms with E-state index in [0.29, 0.717) is 48.5 Å². The molecular weight excluding hydrogens is 576 g/mol. The molecule has 0 N–H and O–H groups in total. The van der Waals surface area contributed by atoms with Crippen LogP contribution in [-0.2, 0) is 4.74 Å². The van der Waals surface area contributed by atoms with Gasteiger partial charge in [-0.1, -0.05) is 23.2 Å². The van der Waals surface area contributed by atoms with Crippen LogP contribution in [0.1, 0.15) is 13.8 Å². The highest BCUT2D eigenvalue weighted by Gasteiger charge is 2.48. The van der Waals surface area contributed by atoms with E-state index < -0.39 is 18.4 Å². The molecule has 0 aliphatic carbocycles. The molecule has 40 heavy (non-hydrogen) atoms. The van der Waals surface area contributed by atoms with Crippen molar-refractivity contribution in [3.8, 4) is 5.75 Å². The molecule has 210 valence electrons. The molecule has 3 aromatic rings. The zero-order valence-electron chi connectivity index (χ0n) is 22.0. The van der Waals surface area contributed by atoms with Gasteiger partial charge in [-0.05, 0) is 56.3 Å². The Morgan fingerprint density at radius 2 is 1.70 bits per heavy atom. The second-order valence-electron chi connectivity index (χ2n) is 9.11. The number of fused-ring (bicyclic) bond motifs is 1. The van der Waals surface area contributed by atoms with Crippen LogP contribution < -0.4 is 19.6 Å². The summed E-state index contributed by atoms with van der Waals surface area (Å²) in [5, 5.41) is 12.7. The number of non-ortho nitro benzene ring substituents is 1. The number of nitro groups is 1. The van der Waals surface area contributed by atoms with Gasteiger partial charge in [0.2, 0.25) is 0 Å². The van der Waals surface area contributed by atoms with Crippen molar-refractivity contribution in [2.24, 2.45) is 4.74 Å². The monoisotopic (exact) mass is 603 g/mol. The lowest BCUT2D eigenvalue weighted by atomic mass is 10.2. The van der Waals surface area contributed by atoms with Crippen LogP contribution in [0.3, 0.4) is 0 Å². The number of carbonyl (C=O) groups is 1. The van der Waals surface area contributed by atoms with Crippen LogP contribution in [0, 0.1) is 10.1 Å². The van der Waals surface area contributed by atoms with Gasteiger partial charge in [-0.3, -0.25) is 10.1 Å². The van der Waals surface area contributed by atoms with Crippen LogP contribution in [0.5, 0.6) is 5.75 Å². The lowest BCUT2D eigenvalue weighted by molar-refractivity contribution is -0.384. The van der Waals surface area contributed by atoms with Gasteiger partial charge >= 0.3 is 6.09 Å². The number of rotatable bonds is 7. The van der Waals surface area contributed by atoms with Crippen molar-refractivity contribution in [2.45, 2.75) is 13.8 Å². The normalized spacial score (nSPS) is 19.1. The summed E-state index contributed by atoms with van der Waals surface area (Å²) in [5.41, 5.74) is 1.84. The topological polar surface area (TPSA) is 101 Å². The molecule has 0 spiro atoms. The number of carbonyl (C=O) groups excluding carboxylic acids is 1. The van der Waals surface area contributed by atoms with Gasteiger partial charge in [0, 0.05) is 50.1 Å². The van der Waals surface area contributed by atoms with Gasteiger partial charge in [0.1, 0.15) is 5.75 Å². The summed E-state index contributed by atoms with van der Waals surface area (Å²) >= 11 is 12.7. The molecular formula is C27H28Cl2N5O5P. The van der Waals surface area contributed by atoms with Gasteiger partial charge in [-0.25, -0.2) is 18.9 Å². The largest absolute Gasteiger partial charge is 0.425 e. The van der Waals surface area contributed by atoms with Crippen LogP contribution in [0.25, 0.3) is 0 Å². The van der Waals surface area contributed by atoms with Gasteiger partial charge in [-0.2, -0.15) is 0 Å². The van der Waals surface area contributed by atoms with Crippen molar-refractivity contribution < 1.29 is 19.2 Å². The molecule has 1 saturated heterocycles. The van der Waals surface area contributed by atoms with Crippen LogP contribution in [0.15, 0.2) is 65.4 Å². The first-order chi connectivity index (χ1) is 19.3. The van der Waals surface area contributed by atoms with E-state index in [9.17, 15) is 14.9 Å². The number of ether oxygens (including phenoxy) is 2. The van der Waals surface area contributed by atoms with E-state index in [-0.39, 0.29) is 10.7 Å². The summed E-state index contributed by atoms with van der Waals surface area (Å²) in [7, 11) is -3.16. The third kappa shape index (κ3) is 5.18. The first kappa shape index (κ1) is 28.4. The number of halogens is 2. The Labute approximate surface area is 242 Å². The standard InChI is InChI=1S/C27H28Cl2N5O5P/c1-3-31(4-2)21-10-12-26-25(18-21)39-27(35)33(22-9-11-23(28)24(29)17-22)40(26,32-13-15-38-16-14-32)30-19-5-7-20(8-6-19)34(36)37/h5-12,17-18H,3-4,13-16H2,1-2H3/t40-/m1/s1. The molecule has 0 unspecified atom stereocenters. The molecule has 2 aliphatic rings. The highest BCUT2D eigenvalue weighted by Crippen LogP contribution is 2.63. The van der Waals surface area contributed by atoms with Crippen molar-refractivity contribution in [1.29, 1.82) is 0 Å². The molecule has 0 aromatic heterocycles. The fourth-order valence-electron chi connectivity index (χ4n) is 4.94. The van der Waals surface area contributed by atoms with Crippen LogP contribution in [0.2, 0.25) is 10.0 Å². The number of anilines is 2. The molecule has 3 aromatic carbocycles. The predicted octanol–water partition coefficient (Wildman–Crippen LogP) is 7.09. The first-order valence-corrected chi connectivity index (χ1v) is 15.3. The van der Waals surface area contributed by atoms with Gasteiger partial charge in [-0.15, -0.1) is 0 Å². The maximum Gasteiger partial charge on any atom is 0.425 e. The summed E-state index contributed by atoms with van der Waals surface area (Å²) in [4.78, 5) is 27.0. The van der Waals surface area contributed by atoms with Gasteiger partial charge in [0.25, 0.3) is 5.69 Å². The average Bonchev–Trinajstić information content (AvgIpc) is 2.96. The highest BCUT2D eigenvalue weighted by molar-refractivity contribution is 7.74. The summed E-state index contributed by atoms with van der Waals surface area (Å²) < 4.78 is 20.7. The Morgan fingerprint density at radius 3 is 2.33 bits per heavy atom. The molecule has 0 radical (unpaired) electrons. The number of nitro benzene ring substituents is 1. The molecule has 13 heteroatoms. The van der Waals surface area contributed by atoms with Crippen molar-refractivity contribution in [3.05, 3.63) is 80.8 Å². The maximum atomic E-state index is 14.0. The minimum atomic E-state index is -3.16. The Balaban J connectivity index is 1.83. The molecule has 0 bridgehead atoms. The second kappa shape index (κ2) is 11.8. The van der Waals surface area contributed by atoms with Crippen molar-refractivity contribution in [2.75, 3.05) is 49.0 Å². The zero-order chi connectivity index (χ0) is 28.4. The highest BCUT2D eigenvalue weighted by atomic mass is 35.5. The fourth-order valence-corrected chi connectivity index (χ4v) is 8.90. The van der Waals surface area contributed by atoms with Crippen LogP contribution >= 0.6 is 30.6 Å². The maximum absolute atomic E-state index is 14.0. The summed E-state index contributed by atoms with van der Waals surface area (Å²) in [5.74, 6) is 0.427. The minimum Gasteiger partial charge on any atom is -0.409 e. The Hall–Kier alpha value is -3.14. The number of hydrogen-bond acceptors (Lipinski definition) is 7. The van der Waals surface area contributed by atoms with E-state index in [1.54, 1.807) is 35.0 Å². The van der Waals surface area contributed by atoms with Gasteiger partial charge in [0.05, 0.1) is 44.9 Å². The molecule has 2 aliphatic heterocycles. The molecule has 1 atom stereocenters. The fraction of sp³-hybridized carbons (Fsp3) is 0.296. The van der Waals surface area contributed by atoms with Gasteiger partial charge in [0.15, 0.2) is 7.36 Å².